The van der Waals surface area contributed by atoms with E-state index in [-0.39, 0.29) is 0 Å². The highest BCUT2D eigenvalue weighted by Crippen LogP contribution is 2.06. The van der Waals surface area contributed by atoms with Crippen LogP contribution in [0.1, 0.15) is 11.1 Å². The average molecular weight is 249 g/mol. The van der Waals surface area contributed by atoms with Crippen molar-refractivity contribution in [1.82, 2.24) is 4.98 Å². The van der Waals surface area contributed by atoms with Crippen LogP contribution >= 0.6 is 0 Å². The van der Waals surface area contributed by atoms with Gasteiger partial charge in [0, 0.05) is 0 Å². The standard InChI is InChI=1S/C14H12.C3H3NO/c1-3-7-13(8-4-1)11-12-14-9-5-2-6-10-14;1-2-5-3-4-1/h1-12H;1-3H. The number of aromatic nitrogens is 1. The molecule has 0 radical (unpaired) electrons. The van der Waals surface area contributed by atoms with E-state index in [1.54, 1.807) is 6.20 Å². The molecule has 0 amide bonds. The molecule has 19 heavy (non-hydrogen) atoms. The lowest BCUT2D eigenvalue weighted by molar-refractivity contribution is 0.558. The Morgan fingerprint density at radius 2 is 1.26 bits per heavy atom. The summed E-state index contributed by atoms with van der Waals surface area (Å²) in [5, 5.41) is 0. The molecular weight excluding hydrogens is 234 g/mol. The maximum atomic E-state index is 4.47. The molecule has 3 rings (SSSR count). The Balaban J connectivity index is 0.000000224. The zero-order chi connectivity index (χ0) is 13.2. The van der Waals surface area contributed by atoms with E-state index in [1.165, 1.54) is 23.8 Å². The molecule has 2 nitrogen and oxygen atoms in total. The van der Waals surface area contributed by atoms with E-state index in [1.807, 2.05) is 36.4 Å². The summed E-state index contributed by atoms with van der Waals surface area (Å²) in [6, 6.07) is 20.6. The number of benzene rings is 2. The molecule has 3 aromatic rings. The van der Waals surface area contributed by atoms with Crippen LogP contribution in [0.15, 0.2) is 83.9 Å². The fourth-order valence-electron chi connectivity index (χ4n) is 1.50. The molecule has 2 heteroatoms. The first-order valence-corrected chi connectivity index (χ1v) is 6.05. The molecule has 0 aliphatic rings. The van der Waals surface area contributed by atoms with Gasteiger partial charge in [-0.1, -0.05) is 72.8 Å². The topological polar surface area (TPSA) is 26.0 Å². The monoisotopic (exact) mass is 249 g/mol. The quantitative estimate of drug-likeness (QED) is 0.623. The third kappa shape index (κ3) is 5.04. The molecule has 1 aromatic heterocycles. The second-order valence-corrected chi connectivity index (χ2v) is 3.83. The molecule has 0 N–H and O–H groups in total. The molecule has 0 saturated heterocycles. The molecule has 94 valence electrons. The molecule has 0 bridgehead atoms. The van der Waals surface area contributed by atoms with Crippen molar-refractivity contribution in [2.75, 3.05) is 0 Å². The zero-order valence-corrected chi connectivity index (χ0v) is 10.5. The molecular formula is C17H15NO. The summed E-state index contributed by atoms with van der Waals surface area (Å²) in [6.45, 7) is 0. The van der Waals surface area contributed by atoms with Crippen LogP contribution in [0.2, 0.25) is 0 Å². The second kappa shape index (κ2) is 7.67. The average Bonchev–Trinajstić information content (AvgIpc) is 3.07. The number of nitrogens with zero attached hydrogens (tertiary/aromatic N) is 1. The van der Waals surface area contributed by atoms with Gasteiger partial charge in [0.05, 0.1) is 6.20 Å². The molecule has 2 aromatic carbocycles. The van der Waals surface area contributed by atoms with Gasteiger partial charge >= 0.3 is 0 Å². The molecule has 0 unspecified atom stereocenters. The van der Waals surface area contributed by atoms with E-state index in [2.05, 4.69) is 45.8 Å². The van der Waals surface area contributed by atoms with Crippen LogP contribution in [0, 0.1) is 0 Å². The summed E-state index contributed by atoms with van der Waals surface area (Å²) in [5.74, 6) is 0. The van der Waals surface area contributed by atoms with Gasteiger partial charge < -0.3 is 4.42 Å². The lowest BCUT2D eigenvalue weighted by Gasteiger charge is -1.92. The van der Waals surface area contributed by atoms with Crippen molar-refractivity contribution in [2.24, 2.45) is 0 Å². The third-order valence-electron chi connectivity index (χ3n) is 2.41. The van der Waals surface area contributed by atoms with Crippen molar-refractivity contribution in [2.45, 2.75) is 0 Å². The van der Waals surface area contributed by atoms with Crippen molar-refractivity contribution in [3.05, 3.63) is 90.6 Å². The van der Waals surface area contributed by atoms with Gasteiger partial charge in [-0.2, -0.15) is 0 Å². The van der Waals surface area contributed by atoms with Crippen molar-refractivity contribution in [1.29, 1.82) is 0 Å². The third-order valence-corrected chi connectivity index (χ3v) is 2.41. The van der Waals surface area contributed by atoms with Crippen LogP contribution in [-0.4, -0.2) is 4.98 Å². The zero-order valence-electron chi connectivity index (χ0n) is 10.5. The summed E-state index contributed by atoms with van der Waals surface area (Å²) in [6.07, 6.45) is 8.71. The van der Waals surface area contributed by atoms with Gasteiger partial charge in [0.15, 0.2) is 6.39 Å². The smallest absolute Gasteiger partial charge is 0.180 e. The number of hydrogen-bond acceptors (Lipinski definition) is 2. The van der Waals surface area contributed by atoms with Crippen molar-refractivity contribution < 1.29 is 4.42 Å². The van der Waals surface area contributed by atoms with E-state index in [0.29, 0.717) is 0 Å². The summed E-state index contributed by atoms with van der Waals surface area (Å²) >= 11 is 0. The Morgan fingerprint density at radius 1 is 0.737 bits per heavy atom. The van der Waals surface area contributed by atoms with Gasteiger partial charge in [0.25, 0.3) is 0 Å². The fraction of sp³-hybridized carbons (Fsp3) is 0. The summed E-state index contributed by atoms with van der Waals surface area (Å²) < 4.78 is 4.47. The highest BCUT2D eigenvalue weighted by Gasteiger charge is 1.84. The normalized spacial score (nSPS) is 9.89. The van der Waals surface area contributed by atoms with E-state index in [4.69, 9.17) is 0 Å². The Labute approximate surface area is 113 Å². The van der Waals surface area contributed by atoms with E-state index >= 15 is 0 Å². The predicted molar refractivity (Wildman–Crippen MR) is 78.3 cm³/mol. The number of hydrogen-bond donors (Lipinski definition) is 0. The molecule has 0 saturated carbocycles. The first kappa shape index (κ1) is 12.8. The Kier molecular flexibility index (Phi) is 5.18. The van der Waals surface area contributed by atoms with E-state index in [9.17, 15) is 0 Å². The molecule has 0 aliphatic carbocycles. The van der Waals surface area contributed by atoms with E-state index in [0.717, 1.165) is 0 Å². The van der Waals surface area contributed by atoms with Crippen LogP contribution in [-0.2, 0) is 0 Å². The van der Waals surface area contributed by atoms with Crippen LogP contribution in [0.5, 0.6) is 0 Å². The number of oxazole rings is 1. The van der Waals surface area contributed by atoms with Gasteiger partial charge in [0.1, 0.15) is 6.26 Å². The number of rotatable bonds is 2. The van der Waals surface area contributed by atoms with Crippen molar-refractivity contribution in [3.63, 3.8) is 0 Å². The molecule has 0 spiro atoms. The molecule has 1 heterocycles. The molecule has 0 atom stereocenters. The summed E-state index contributed by atoms with van der Waals surface area (Å²) in [7, 11) is 0. The van der Waals surface area contributed by atoms with Gasteiger partial charge in [-0.25, -0.2) is 4.98 Å². The van der Waals surface area contributed by atoms with Crippen molar-refractivity contribution in [3.8, 4) is 0 Å². The Hall–Kier alpha value is -2.61. The van der Waals surface area contributed by atoms with Crippen LogP contribution in [0.3, 0.4) is 0 Å². The Bertz CT molecular complexity index is 512. The second-order valence-electron chi connectivity index (χ2n) is 3.83. The van der Waals surface area contributed by atoms with Crippen LogP contribution in [0.25, 0.3) is 12.2 Å². The minimum absolute atomic E-state index is 1.23. The molecule has 0 aliphatic heterocycles. The summed E-state index contributed by atoms with van der Waals surface area (Å²) in [4.78, 5) is 3.56. The van der Waals surface area contributed by atoms with Crippen LogP contribution < -0.4 is 0 Å². The van der Waals surface area contributed by atoms with Gasteiger partial charge in [-0.15, -0.1) is 0 Å². The van der Waals surface area contributed by atoms with Gasteiger partial charge in [0.2, 0.25) is 0 Å². The van der Waals surface area contributed by atoms with Gasteiger partial charge in [-0.05, 0) is 11.1 Å². The van der Waals surface area contributed by atoms with Gasteiger partial charge in [-0.3, -0.25) is 0 Å². The maximum Gasteiger partial charge on any atom is 0.180 e. The predicted octanol–water partition coefficient (Wildman–Crippen LogP) is 4.53. The summed E-state index contributed by atoms with van der Waals surface area (Å²) in [5.41, 5.74) is 2.47. The lowest BCUT2D eigenvalue weighted by atomic mass is 10.1. The fourth-order valence-corrected chi connectivity index (χ4v) is 1.50. The SMILES string of the molecule is C(=Cc1ccccc1)c1ccccc1.c1cocn1. The highest BCUT2D eigenvalue weighted by atomic mass is 16.3. The first-order chi connectivity index (χ1) is 9.45. The minimum atomic E-state index is 1.23. The Morgan fingerprint density at radius 3 is 1.58 bits per heavy atom. The minimum Gasteiger partial charge on any atom is -0.452 e. The maximum absolute atomic E-state index is 4.47. The van der Waals surface area contributed by atoms with E-state index < -0.39 is 0 Å². The largest absolute Gasteiger partial charge is 0.452 e. The molecule has 0 fully saturated rings. The lowest BCUT2D eigenvalue weighted by Crippen LogP contribution is -1.70. The highest BCUT2D eigenvalue weighted by molar-refractivity contribution is 5.69. The van der Waals surface area contributed by atoms with Crippen molar-refractivity contribution >= 4 is 12.2 Å². The van der Waals surface area contributed by atoms with Crippen LogP contribution in [0.4, 0.5) is 0 Å². The first-order valence-electron chi connectivity index (χ1n) is 6.05.